The maximum Gasteiger partial charge on any atom is 0.249 e. The number of anilines is 2. The first-order chi connectivity index (χ1) is 12.6. The highest BCUT2D eigenvalue weighted by Gasteiger charge is 2.22. The first-order valence-electron chi connectivity index (χ1n) is 8.56. The molecule has 3 rings (SSSR count). The quantitative estimate of drug-likeness (QED) is 0.538. The Kier molecular flexibility index (Phi) is 5.57. The molecule has 0 aliphatic carbocycles. The van der Waals surface area contributed by atoms with Gasteiger partial charge in [0, 0.05) is 31.1 Å². The fourth-order valence-corrected chi connectivity index (χ4v) is 2.81. The van der Waals surface area contributed by atoms with E-state index in [1.165, 1.54) is 13.2 Å². The number of hydrogen-bond donors (Lipinski definition) is 4. The molecular weight excluding hydrogens is 338 g/mol. The van der Waals surface area contributed by atoms with Gasteiger partial charge in [0.25, 0.3) is 0 Å². The Bertz CT molecular complexity index is 792. The summed E-state index contributed by atoms with van der Waals surface area (Å²) in [5.41, 5.74) is 6.49. The number of hydrogen-bond acceptors (Lipinski definition) is 8. The van der Waals surface area contributed by atoms with Gasteiger partial charge in [-0.3, -0.25) is 4.79 Å². The Morgan fingerprint density at radius 3 is 3.00 bits per heavy atom. The zero-order chi connectivity index (χ0) is 18.5. The molecule has 1 aromatic heterocycles. The van der Waals surface area contributed by atoms with Gasteiger partial charge in [-0.25, -0.2) is 4.98 Å². The number of ether oxygens (including phenoxy) is 2. The minimum absolute atomic E-state index is 0.0131. The number of nitrogens with zero attached hydrogens (tertiary/aromatic N) is 2. The fourth-order valence-electron chi connectivity index (χ4n) is 2.81. The molecule has 1 fully saturated rings. The molecule has 5 N–H and O–H groups in total. The van der Waals surface area contributed by atoms with Crippen LogP contribution in [0, 0.1) is 0 Å². The number of benzene rings is 1. The van der Waals surface area contributed by atoms with Crippen molar-refractivity contribution in [2.24, 2.45) is 0 Å². The molecule has 26 heavy (non-hydrogen) atoms. The van der Waals surface area contributed by atoms with Crippen LogP contribution in [0.2, 0.25) is 0 Å². The van der Waals surface area contributed by atoms with E-state index >= 15 is 0 Å². The van der Waals surface area contributed by atoms with Crippen LogP contribution in [-0.4, -0.2) is 53.9 Å². The topological polar surface area (TPSA) is 132 Å². The second-order valence-corrected chi connectivity index (χ2v) is 6.05. The zero-order valence-corrected chi connectivity index (χ0v) is 14.6. The summed E-state index contributed by atoms with van der Waals surface area (Å²) in [5.74, 6) is 0.905. The number of aromatic hydroxyl groups is 1. The first kappa shape index (κ1) is 18.0. The molecule has 1 atom stereocenters. The summed E-state index contributed by atoms with van der Waals surface area (Å²) in [4.78, 5) is 20.4. The summed E-state index contributed by atoms with van der Waals surface area (Å²) < 4.78 is 10.4. The minimum atomic E-state index is -0.309. The molecule has 0 saturated carbocycles. The number of amides is 1. The number of methoxy groups -OCH3 is 1. The average Bonchev–Trinajstić information content (AvgIpc) is 3.15. The molecule has 0 bridgehead atoms. The van der Waals surface area contributed by atoms with Crippen LogP contribution < -0.4 is 21.1 Å². The number of nitrogens with two attached hydrogens (primary N) is 1. The monoisotopic (exact) mass is 361 g/mol. The van der Waals surface area contributed by atoms with Gasteiger partial charge in [0.15, 0.2) is 11.5 Å². The van der Waals surface area contributed by atoms with Crippen molar-refractivity contribution in [3.63, 3.8) is 0 Å². The number of carbonyl (C=O) groups is 1. The van der Waals surface area contributed by atoms with Crippen LogP contribution in [0.5, 0.6) is 11.5 Å². The van der Waals surface area contributed by atoms with Gasteiger partial charge < -0.3 is 30.9 Å². The summed E-state index contributed by atoms with van der Waals surface area (Å²) in [6.07, 6.45) is 2.11. The summed E-state index contributed by atoms with van der Waals surface area (Å²) in [6, 6.07) is 3.09. The maximum absolute atomic E-state index is 11.8. The van der Waals surface area contributed by atoms with E-state index in [-0.39, 0.29) is 17.8 Å². The lowest BCUT2D eigenvalue weighted by atomic mass is 10.2. The number of rotatable bonds is 7. The van der Waals surface area contributed by atoms with Gasteiger partial charge in [-0.05, 0) is 25.3 Å². The molecule has 2 heterocycles. The first-order valence-corrected chi connectivity index (χ1v) is 8.56. The van der Waals surface area contributed by atoms with Crippen molar-refractivity contribution in [1.82, 2.24) is 15.3 Å². The lowest BCUT2D eigenvalue weighted by Gasteiger charge is -2.11. The molecule has 1 aliphatic heterocycles. The molecule has 9 nitrogen and oxygen atoms in total. The van der Waals surface area contributed by atoms with Crippen molar-refractivity contribution in [2.75, 3.05) is 37.9 Å². The number of nitrogens with one attached hydrogen (secondary N) is 2. The van der Waals surface area contributed by atoms with Crippen LogP contribution in [0.15, 0.2) is 12.1 Å². The van der Waals surface area contributed by atoms with Crippen LogP contribution in [0.3, 0.4) is 0 Å². The van der Waals surface area contributed by atoms with Gasteiger partial charge in [-0.15, -0.1) is 0 Å². The van der Waals surface area contributed by atoms with Crippen LogP contribution in [0.1, 0.15) is 19.3 Å². The van der Waals surface area contributed by atoms with Gasteiger partial charge in [0.05, 0.1) is 12.6 Å². The molecule has 140 valence electrons. The van der Waals surface area contributed by atoms with E-state index in [2.05, 4.69) is 20.6 Å². The maximum atomic E-state index is 11.8. The largest absolute Gasteiger partial charge is 0.504 e. The molecule has 0 radical (unpaired) electrons. The van der Waals surface area contributed by atoms with Gasteiger partial charge in [0.2, 0.25) is 11.9 Å². The Labute approximate surface area is 150 Å². The van der Waals surface area contributed by atoms with E-state index in [1.807, 2.05) is 0 Å². The number of fused-ring (bicyclic) bond motifs is 1. The normalized spacial score (nSPS) is 16.6. The second kappa shape index (κ2) is 8.05. The highest BCUT2D eigenvalue weighted by molar-refractivity contribution is 5.91. The van der Waals surface area contributed by atoms with Crippen molar-refractivity contribution in [2.45, 2.75) is 25.4 Å². The van der Waals surface area contributed by atoms with E-state index in [1.54, 1.807) is 6.07 Å². The third-order valence-electron chi connectivity index (χ3n) is 4.18. The highest BCUT2D eigenvalue weighted by Crippen LogP contribution is 2.32. The number of phenols is 1. The molecule has 1 saturated heterocycles. The van der Waals surface area contributed by atoms with Crippen LogP contribution in [-0.2, 0) is 9.53 Å². The van der Waals surface area contributed by atoms with Gasteiger partial charge in [0.1, 0.15) is 11.9 Å². The Morgan fingerprint density at radius 1 is 1.42 bits per heavy atom. The second-order valence-electron chi connectivity index (χ2n) is 6.05. The Hall–Kier alpha value is -2.81. The standard InChI is InChI=1S/C17H23N5O4/c1-25-14-8-10-11(9-12(14)23)21-17(22-15(10)18)20-6-3-5-19-16(24)13-4-2-7-26-13/h8-9,13,23H,2-7H2,1H3,(H,19,24)(H3,18,20,21,22). The third-order valence-corrected chi connectivity index (χ3v) is 4.18. The molecule has 1 amide bonds. The van der Waals surface area contributed by atoms with Crippen LogP contribution in [0.25, 0.3) is 10.9 Å². The van der Waals surface area contributed by atoms with Crippen molar-refractivity contribution in [1.29, 1.82) is 0 Å². The minimum Gasteiger partial charge on any atom is -0.504 e. The number of carbonyl (C=O) groups excluding carboxylic acids is 1. The van der Waals surface area contributed by atoms with Gasteiger partial charge >= 0.3 is 0 Å². The SMILES string of the molecule is COc1cc2c(N)nc(NCCCNC(=O)C3CCCO3)nc2cc1O. The zero-order valence-electron chi connectivity index (χ0n) is 14.6. The Balaban J connectivity index is 1.53. The summed E-state index contributed by atoms with van der Waals surface area (Å²) >= 11 is 0. The predicted molar refractivity (Wildman–Crippen MR) is 97.3 cm³/mol. The lowest BCUT2D eigenvalue weighted by molar-refractivity contribution is -0.130. The highest BCUT2D eigenvalue weighted by atomic mass is 16.5. The average molecular weight is 361 g/mol. The van der Waals surface area contributed by atoms with Gasteiger partial charge in [-0.2, -0.15) is 4.98 Å². The van der Waals surface area contributed by atoms with E-state index in [0.29, 0.717) is 54.5 Å². The smallest absolute Gasteiger partial charge is 0.249 e. The number of phenolic OH excluding ortho intramolecular Hbond substituents is 1. The number of aromatic nitrogens is 2. The van der Waals surface area contributed by atoms with Crippen LogP contribution in [0.4, 0.5) is 11.8 Å². The molecular formula is C17H23N5O4. The molecule has 0 spiro atoms. The van der Waals surface area contributed by atoms with E-state index < -0.39 is 0 Å². The third kappa shape index (κ3) is 4.05. The number of nitrogen functional groups attached to an aromatic ring is 1. The summed E-state index contributed by atoms with van der Waals surface area (Å²) in [6.45, 7) is 1.76. The summed E-state index contributed by atoms with van der Waals surface area (Å²) in [5, 5.41) is 16.4. The van der Waals surface area contributed by atoms with Crippen molar-refractivity contribution >= 4 is 28.6 Å². The van der Waals surface area contributed by atoms with Crippen molar-refractivity contribution in [3.05, 3.63) is 12.1 Å². The van der Waals surface area contributed by atoms with E-state index in [0.717, 1.165) is 12.8 Å². The van der Waals surface area contributed by atoms with Crippen molar-refractivity contribution in [3.8, 4) is 11.5 Å². The molecule has 1 unspecified atom stereocenters. The molecule has 1 aliphatic rings. The fraction of sp³-hybridized carbons (Fsp3) is 0.471. The summed E-state index contributed by atoms with van der Waals surface area (Å²) in [7, 11) is 1.46. The van der Waals surface area contributed by atoms with Gasteiger partial charge in [-0.1, -0.05) is 0 Å². The lowest BCUT2D eigenvalue weighted by Crippen LogP contribution is -2.35. The molecule has 1 aromatic carbocycles. The van der Waals surface area contributed by atoms with Crippen molar-refractivity contribution < 1.29 is 19.4 Å². The van der Waals surface area contributed by atoms with E-state index in [9.17, 15) is 9.90 Å². The van der Waals surface area contributed by atoms with E-state index in [4.69, 9.17) is 15.2 Å². The molecule has 9 heteroatoms. The molecule has 2 aromatic rings. The van der Waals surface area contributed by atoms with Crippen LogP contribution >= 0.6 is 0 Å². The Morgan fingerprint density at radius 2 is 2.27 bits per heavy atom. The predicted octanol–water partition coefficient (Wildman–Crippen LogP) is 1.02.